The second-order valence-corrected chi connectivity index (χ2v) is 13.2. The van der Waals surface area contributed by atoms with E-state index in [1.807, 2.05) is 18.2 Å². The Morgan fingerprint density at radius 2 is 2.09 bits per heavy atom. The Hall–Kier alpha value is -0.973. The molecule has 0 saturated carbocycles. The average Bonchev–Trinajstić information content (AvgIpc) is 2.49. The molecule has 0 spiro atoms. The van der Waals surface area contributed by atoms with Crippen molar-refractivity contribution < 1.29 is 9.84 Å². The highest BCUT2D eigenvalue weighted by Crippen LogP contribution is 2.32. The highest BCUT2D eigenvalue weighted by atomic mass is 32.2. The van der Waals surface area contributed by atoms with E-state index in [9.17, 15) is 5.11 Å². The second-order valence-electron chi connectivity index (χ2n) is 7.01. The first kappa shape index (κ1) is 20.1. The number of allylic oxidation sites excluding steroid dienone is 1. The molecule has 0 saturated heterocycles. The summed E-state index contributed by atoms with van der Waals surface area (Å²) in [7, 11) is 0.388. The van der Waals surface area contributed by atoms with Crippen molar-refractivity contribution in [1.82, 2.24) is 0 Å². The lowest BCUT2D eigenvalue weighted by Crippen LogP contribution is -2.22. The molecule has 0 fully saturated rings. The fourth-order valence-electron chi connectivity index (χ4n) is 2.59. The van der Waals surface area contributed by atoms with Crippen LogP contribution in [0.3, 0.4) is 0 Å². The molecule has 0 bridgehead atoms. The molecule has 1 atom stereocenters. The fraction of sp³-hybridized carbons (Fsp3) is 0.474. The minimum absolute atomic E-state index is 0.591. The van der Waals surface area contributed by atoms with Gasteiger partial charge in [0.1, 0.15) is 5.75 Å². The molecular weight excluding hydrogens is 320 g/mol. The zero-order valence-corrected chi connectivity index (χ0v) is 16.9. The Morgan fingerprint density at radius 1 is 1.39 bits per heavy atom. The van der Waals surface area contributed by atoms with Gasteiger partial charge in [-0.1, -0.05) is 38.4 Å². The molecule has 0 aliphatic carbocycles. The van der Waals surface area contributed by atoms with Gasteiger partial charge in [0, 0.05) is 8.07 Å². The van der Waals surface area contributed by atoms with Crippen LogP contribution >= 0.6 is 11.8 Å². The minimum atomic E-state index is -1.29. The third-order valence-electron chi connectivity index (χ3n) is 3.60. The van der Waals surface area contributed by atoms with Crippen LogP contribution in [0.15, 0.2) is 41.8 Å². The van der Waals surface area contributed by atoms with E-state index in [0.717, 1.165) is 41.3 Å². The molecule has 0 heterocycles. The third-order valence-corrected chi connectivity index (χ3v) is 5.58. The van der Waals surface area contributed by atoms with Crippen LogP contribution in [0.2, 0.25) is 25.7 Å². The third kappa shape index (κ3) is 6.98. The lowest BCUT2D eigenvalue weighted by Gasteiger charge is -2.23. The molecule has 0 amide bonds. The average molecular weight is 351 g/mol. The molecule has 1 aromatic rings. The number of hydrogen-bond donors (Lipinski definition) is 1. The molecule has 23 heavy (non-hydrogen) atoms. The summed E-state index contributed by atoms with van der Waals surface area (Å²) in [4.78, 5) is 0. The van der Waals surface area contributed by atoms with Crippen LogP contribution in [-0.4, -0.2) is 26.5 Å². The fourth-order valence-corrected chi connectivity index (χ4v) is 4.48. The summed E-state index contributed by atoms with van der Waals surface area (Å²) in [5.74, 6) is 0.834. The first-order valence-corrected chi connectivity index (χ1v) is 13.0. The topological polar surface area (TPSA) is 29.5 Å². The maximum atomic E-state index is 10.8. The van der Waals surface area contributed by atoms with Crippen molar-refractivity contribution in [1.29, 1.82) is 0 Å². The van der Waals surface area contributed by atoms with Crippen LogP contribution in [0.25, 0.3) is 0 Å². The molecular formula is C19H30O2SSi. The van der Waals surface area contributed by atoms with Crippen LogP contribution in [0.1, 0.15) is 23.7 Å². The van der Waals surface area contributed by atoms with Crippen LogP contribution < -0.4 is 4.74 Å². The predicted molar refractivity (Wildman–Crippen MR) is 106 cm³/mol. The summed E-state index contributed by atoms with van der Waals surface area (Å²) in [5, 5.41) is 12.9. The van der Waals surface area contributed by atoms with Crippen molar-refractivity contribution in [2.24, 2.45) is 0 Å². The van der Waals surface area contributed by atoms with Gasteiger partial charge in [-0.2, -0.15) is 0 Å². The standard InChI is InChI=1S/C19H30O2SSi/c1-15(14-23(4,5)6)19(20)18-11-10-17(21-2)13-16(18)9-7-8-12-22-3/h8,10-13,19-20H,1,7,9,14H2,2-6H3/b12-8-. The number of hydrogen-bond acceptors (Lipinski definition) is 3. The minimum Gasteiger partial charge on any atom is -0.497 e. The normalized spacial score (nSPS) is 13.3. The van der Waals surface area contributed by atoms with E-state index in [4.69, 9.17) is 4.74 Å². The van der Waals surface area contributed by atoms with Gasteiger partial charge in [0.15, 0.2) is 0 Å². The van der Waals surface area contributed by atoms with Crippen LogP contribution in [0, 0.1) is 0 Å². The molecule has 0 aliphatic heterocycles. The van der Waals surface area contributed by atoms with E-state index in [-0.39, 0.29) is 0 Å². The zero-order valence-electron chi connectivity index (χ0n) is 15.1. The summed E-state index contributed by atoms with van der Waals surface area (Å²) < 4.78 is 5.34. The summed E-state index contributed by atoms with van der Waals surface area (Å²) in [6.45, 7) is 11.0. The van der Waals surface area contributed by atoms with Crippen molar-refractivity contribution in [3.05, 3.63) is 53.0 Å². The second kappa shape index (κ2) is 9.35. The Balaban J connectivity index is 2.98. The summed E-state index contributed by atoms with van der Waals surface area (Å²) in [6.07, 6.45) is 5.47. The number of rotatable bonds is 9. The summed E-state index contributed by atoms with van der Waals surface area (Å²) >= 11 is 1.70. The highest BCUT2D eigenvalue weighted by molar-refractivity contribution is 8.01. The zero-order chi connectivity index (χ0) is 17.5. The van der Waals surface area contributed by atoms with Gasteiger partial charge in [-0.15, -0.1) is 11.8 Å². The molecule has 1 N–H and O–H groups in total. The molecule has 0 radical (unpaired) electrons. The Morgan fingerprint density at radius 3 is 2.65 bits per heavy atom. The first-order valence-electron chi connectivity index (χ1n) is 7.99. The van der Waals surface area contributed by atoms with E-state index >= 15 is 0 Å². The smallest absolute Gasteiger partial charge is 0.119 e. The van der Waals surface area contributed by atoms with Crippen molar-refractivity contribution in [2.75, 3.05) is 13.4 Å². The van der Waals surface area contributed by atoms with Crippen molar-refractivity contribution >= 4 is 19.8 Å². The summed E-state index contributed by atoms with van der Waals surface area (Å²) in [6, 6.07) is 6.87. The molecule has 1 unspecified atom stereocenters. The van der Waals surface area contributed by atoms with Gasteiger partial charge in [0.2, 0.25) is 0 Å². The Kier molecular flexibility index (Phi) is 8.16. The van der Waals surface area contributed by atoms with E-state index in [1.54, 1.807) is 18.9 Å². The van der Waals surface area contributed by atoms with Gasteiger partial charge >= 0.3 is 0 Å². The predicted octanol–water partition coefficient (Wildman–Crippen LogP) is 5.43. The van der Waals surface area contributed by atoms with Crippen molar-refractivity contribution in [2.45, 2.75) is 44.6 Å². The van der Waals surface area contributed by atoms with Crippen LogP contribution in [0.5, 0.6) is 5.75 Å². The maximum Gasteiger partial charge on any atom is 0.119 e. The number of ether oxygens (including phenoxy) is 1. The number of aryl methyl sites for hydroxylation is 1. The van der Waals surface area contributed by atoms with Crippen LogP contribution in [-0.2, 0) is 6.42 Å². The quantitative estimate of drug-likeness (QED) is 0.475. The molecule has 0 aliphatic rings. The van der Waals surface area contributed by atoms with E-state index in [2.05, 4.69) is 44.0 Å². The summed E-state index contributed by atoms with van der Waals surface area (Å²) in [5.41, 5.74) is 3.03. The molecule has 1 aromatic carbocycles. The van der Waals surface area contributed by atoms with E-state index in [1.165, 1.54) is 0 Å². The number of benzene rings is 1. The monoisotopic (exact) mass is 350 g/mol. The maximum absolute atomic E-state index is 10.8. The first-order chi connectivity index (χ1) is 10.8. The van der Waals surface area contributed by atoms with E-state index < -0.39 is 14.2 Å². The lowest BCUT2D eigenvalue weighted by atomic mass is 9.95. The molecule has 2 nitrogen and oxygen atoms in total. The van der Waals surface area contributed by atoms with Crippen LogP contribution in [0.4, 0.5) is 0 Å². The van der Waals surface area contributed by atoms with Gasteiger partial charge in [0.25, 0.3) is 0 Å². The molecule has 4 heteroatoms. The van der Waals surface area contributed by atoms with E-state index in [0.29, 0.717) is 0 Å². The molecule has 128 valence electrons. The van der Waals surface area contributed by atoms with Crippen molar-refractivity contribution in [3.63, 3.8) is 0 Å². The van der Waals surface area contributed by atoms with Gasteiger partial charge in [0.05, 0.1) is 13.2 Å². The van der Waals surface area contributed by atoms with Gasteiger partial charge in [-0.25, -0.2) is 0 Å². The number of methoxy groups -OCH3 is 1. The Bertz CT molecular complexity index is 547. The van der Waals surface area contributed by atoms with Crippen molar-refractivity contribution in [3.8, 4) is 5.75 Å². The molecule has 0 aromatic heterocycles. The SMILES string of the molecule is C=C(C[Si](C)(C)C)C(O)c1ccc(OC)cc1CC/C=C\SC. The highest BCUT2D eigenvalue weighted by Gasteiger charge is 2.21. The number of aliphatic hydroxyl groups excluding tert-OH is 1. The lowest BCUT2D eigenvalue weighted by molar-refractivity contribution is 0.214. The largest absolute Gasteiger partial charge is 0.497 e. The molecule has 1 rings (SSSR count). The number of aliphatic hydroxyl groups is 1. The van der Waals surface area contributed by atoms with Gasteiger partial charge in [-0.3, -0.25) is 0 Å². The van der Waals surface area contributed by atoms with Gasteiger partial charge in [-0.05, 0) is 59.4 Å². The van der Waals surface area contributed by atoms with Gasteiger partial charge < -0.3 is 9.84 Å². The Labute approximate surface area is 146 Å². The number of thioether (sulfide) groups is 1.